The van der Waals surface area contributed by atoms with Gasteiger partial charge in [-0.25, -0.2) is 0 Å². The Morgan fingerprint density at radius 1 is 1.33 bits per heavy atom. The molecule has 1 aromatic rings. The number of fused-ring (bicyclic) bond motifs is 1. The molecule has 1 aliphatic carbocycles. The van der Waals surface area contributed by atoms with E-state index in [9.17, 15) is 0 Å². The molecule has 0 spiro atoms. The molecule has 82 valence electrons. The van der Waals surface area contributed by atoms with Gasteiger partial charge in [0.25, 0.3) is 0 Å². The van der Waals surface area contributed by atoms with Crippen LogP contribution in [0.15, 0.2) is 18.2 Å². The van der Waals surface area contributed by atoms with Crippen molar-refractivity contribution < 1.29 is 4.74 Å². The summed E-state index contributed by atoms with van der Waals surface area (Å²) in [5.74, 6) is 1.10. The fourth-order valence-corrected chi connectivity index (χ4v) is 2.24. The lowest BCUT2D eigenvalue weighted by Crippen LogP contribution is -2.15. The molecule has 1 aliphatic rings. The number of hydrogen-bond donors (Lipinski definition) is 0. The van der Waals surface area contributed by atoms with Crippen molar-refractivity contribution in [1.82, 2.24) is 0 Å². The van der Waals surface area contributed by atoms with Crippen LogP contribution in [0.25, 0.3) is 0 Å². The fourth-order valence-electron chi connectivity index (χ4n) is 2.10. The summed E-state index contributed by atoms with van der Waals surface area (Å²) in [6.45, 7) is 2.09. The second kappa shape index (κ2) is 5.02. The quantitative estimate of drug-likeness (QED) is 0.760. The van der Waals surface area contributed by atoms with Crippen LogP contribution in [0.2, 0.25) is 0 Å². The number of halogens is 1. The first kappa shape index (κ1) is 11.0. The van der Waals surface area contributed by atoms with Gasteiger partial charge in [-0.1, -0.05) is 28.1 Å². The van der Waals surface area contributed by atoms with Crippen molar-refractivity contribution in [3.05, 3.63) is 29.3 Å². The van der Waals surface area contributed by atoms with Gasteiger partial charge in [-0.05, 0) is 49.8 Å². The van der Waals surface area contributed by atoms with E-state index in [0.29, 0.717) is 0 Å². The molecule has 1 aromatic carbocycles. The van der Waals surface area contributed by atoms with Gasteiger partial charge in [0.15, 0.2) is 0 Å². The van der Waals surface area contributed by atoms with Crippen LogP contribution >= 0.6 is 15.9 Å². The molecule has 0 aliphatic heterocycles. The Balaban J connectivity index is 2.23. The Kier molecular flexibility index (Phi) is 3.68. The highest BCUT2D eigenvalue weighted by molar-refractivity contribution is 9.09. The third kappa shape index (κ3) is 2.54. The van der Waals surface area contributed by atoms with E-state index in [1.54, 1.807) is 0 Å². The summed E-state index contributed by atoms with van der Waals surface area (Å²) in [5, 5.41) is 0.886. The van der Waals surface area contributed by atoms with Crippen molar-refractivity contribution in [2.45, 2.75) is 38.7 Å². The summed E-state index contributed by atoms with van der Waals surface area (Å²) in [5.41, 5.74) is 2.93. The average molecular weight is 269 g/mol. The van der Waals surface area contributed by atoms with Gasteiger partial charge >= 0.3 is 0 Å². The lowest BCUT2D eigenvalue weighted by atomic mass is 9.91. The van der Waals surface area contributed by atoms with Crippen LogP contribution in [0.5, 0.6) is 5.75 Å². The zero-order valence-corrected chi connectivity index (χ0v) is 10.7. The Morgan fingerprint density at radius 2 is 2.13 bits per heavy atom. The summed E-state index contributed by atoms with van der Waals surface area (Å²) >= 11 is 3.44. The second-order valence-electron chi connectivity index (χ2n) is 4.18. The van der Waals surface area contributed by atoms with E-state index in [1.807, 2.05) is 0 Å². The lowest BCUT2D eigenvalue weighted by molar-refractivity contribution is 0.244. The molecule has 0 unspecified atom stereocenters. The third-order valence-corrected chi connectivity index (χ3v) is 3.81. The van der Waals surface area contributed by atoms with Crippen molar-refractivity contribution in [2.24, 2.45) is 0 Å². The van der Waals surface area contributed by atoms with Gasteiger partial charge in [-0.3, -0.25) is 0 Å². The van der Waals surface area contributed by atoms with Crippen molar-refractivity contribution in [2.75, 3.05) is 5.33 Å². The number of aryl methyl sites for hydroxylation is 1. The summed E-state index contributed by atoms with van der Waals surface area (Å²) in [7, 11) is 0. The Bertz CT molecular complexity index is 335. The summed E-state index contributed by atoms with van der Waals surface area (Å²) in [4.78, 5) is 0. The van der Waals surface area contributed by atoms with Gasteiger partial charge in [0, 0.05) is 5.33 Å². The fraction of sp³-hybridized carbons (Fsp3) is 0.538. The monoisotopic (exact) mass is 268 g/mol. The maximum atomic E-state index is 5.92. The highest BCUT2D eigenvalue weighted by Crippen LogP contribution is 2.30. The minimum Gasteiger partial charge on any atom is -0.490 e. The zero-order chi connectivity index (χ0) is 10.7. The van der Waals surface area contributed by atoms with E-state index < -0.39 is 0 Å². The molecule has 15 heavy (non-hydrogen) atoms. The van der Waals surface area contributed by atoms with E-state index in [1.165, 1.54) is 36.8 Å². The smallest absolute Gasteiger partial charge is 0.123 e. The first-order chi connectivity index (χ1) is 7.31. The van der Waals surface area contributed by atoms with Crippen molar-refractivity contribution >= 4 is 15.9 Å². The van der Waals surface area contributed by atoms with Crippen LogP contribution < -0.4 is 4.74 Å². The molecular formula is C13H17BrO. The second-order valence-corrected chi connectivity index (χ2v) is 4.83. The van der Waals surface area contributed by atoms with Crippen LogP contribution in [0.1, 0.15) is 30.9 Å². The van der Waals surface area contributed by atoms with Crippen molar-refractivity contribution in [3.63, 3.8) is 0 Å². The zero-order valence-electron chi connectivity index (χ0n) is 9.13. The predicted molar refractivity (Wildman–Crippen MR) is 67.0 cm³/mol. The molecule has 0 radical (unpaired) electrons. The molecule has 1 nitrogen and oxygen atoms in total. The number of hydrogen-bond acceptors (Lipinski definition) is 1. The lowest BCUT2D eigenvalue weighted by Gasteiger charge is -2.21. The minimum absolute atomic E-state index is 0.249. The van der Waals surface area contributed by atoms with E-state index in [0.717, 1.165) is 11.1 Å². The standard InChI is InChI=1S/C13H17BrO/c1-10(9-14)15-13-8-4-6-11-5-2-3-7-12(11)13/h4,6,8,10H,2-3,5,7,9H2,1H3/t10-/m1/s1. The number of alkyl halides is 1. The third-order valence-electron chi connectivity index (χ3n) is 2.90. The Hall–Kier alpha value is -0.500. The highest BCUT2D eigenvalue weighted by atomic mass is 79.9. The maximum Gasteiger partial charge on any atom is 0.123 e. The predicted octanol–water partition coefficient (Wildman–Crippen LogP) is 3.73. The average Bonchev–Trinajstić information content (AvgIpc) is 2.29. The van der Waals surface area contributed by atoms with Crippen LogP contribution in [0.4, 0.5) is 0 Å². The van der Waals surface area contributed by atoms with Gasteiger partial charge in [0.1, 0.15) is 11.9 Å². The first-order valence-electron chi connectivity index (χ1n) is 5.64. The molecule has 0 N–H and O–H groups in total. The van der Waals surface area contributed by atoms with Gasteiger partial charge in [-0.15, -0.1) is 0 Å². The topological polar surface area (TPSA) is 9.23 Å². The molecule has 0 saturated heterocycles. The van der Waals surface area contributed by atoms with Gasteiger partial charge < -0.3 is 4.74 Å². The number of rotatable bonds is 3. The summed E-state index contributed by atoms with van der Waals surface area (Å²) in [6, 6.07) is 6.45. The summed E-state index contributed by atoms with van der Waals surface area (Å²) < 4.78 is 5.92. The number of benzene rings is 1. The highest BCUT2D eigenvalue weighted by Gasteiger charge is 2.14. The Morgan fingerprint density at radius 3 is 2.93 bits per heavy atom. The molecule has 2 rings (SSSR count). The molecule has 0 aromatic heterocycles. The van der Waals surface area contributed by atoms with Crippen LogP contribution in [-0.4, -0.2) is 11.4 Å². The molecule has 0 heterocycles. The molecule has 0 saturated carbocycles. The van der Waals surface area contributed by atoms with E-state index in [4.69, 9.17) is 4.74 Å². The van der Waals surface area contributed by atoms with Gasteiger partial charge in [0.2, 0.25) is 0 Å². The minimum atomic E-state index is 0.249. The van der Waals surface area contributed by atoms with Crippen molar-refractivity contribution in [1.29, 1.82) is 0 Å². The largest absolute Gasteiger partial charge is 0.490 e. The molecule has 2 heteroatoms. The SMILES string of the molecule is C[C@H](CBr)Oc1cccc2c1CCCC2. The maximum absolute atomic E-state index is 5.92. The summed E-state index contributed by atoms with van der Waals surface area (Å²) in [6.07, 6.45) is 5.27. The first-order valence-corrected chi connectivity index (χ1v) is 6.77. The van der Waals surface area contributed by atoms with Crippen LogP contribution in [0.3, 0.4) is 0 Å². The van der Waals surface area contributed by atoms with Crippen molar-refractivity contribution in [3.8, 4) is 5.75 Å². The normalized spacial score (nSPS) is 16.9. The number of ether oxygens (including phenoxy) is 1. The van der Waals surface area contributed by atoms with Crippen LogP contribution in [-0.2, 0) is 12.8 Å². The Labute approximate surface area is 100.0 Å². The molecule has 0 bridgehead atoms. The molecule has 1 atom stereocenters. The van der Waals surface area contributed by atoms with Gasteiger partial charge in [0.05, 0.1) is 0 Å². The molecule has 0 amide bonds. The van der Waals surface area contributed by atoms with E-state index in [2.05, 4.69) is 41.1 Å². The van der Waals surface area contributed by atoms with Gasteiger partial charge in [-0.2, -0.15) is 0 Å². The molecular weight excluding hydrogens is 252 g/mol. The van der Waals surface area contributed by atoms with Crippen LogP contribution in [0, 0.1) is 0 Å². The van der Waals surface area contributed by atoms with E-state index >= 15 is 0 Å². The van der Waals surface area contributed by atoms with E-state index in [-0.39, 0.29) is 6.10 Å². The molecule has 0 fully saturated rings.